The van der Waals surface area contributed by atoms with E-state index in [0.717, 1.165) is 39.0 Å². The van der Waals surface area contributed by atoms with E-state index >= 15 is 0 Å². The molecule has 3 rings (SSSR count). The van der Waals surface area contributed by atoms with Gasteiger partial charge in [-0.2, -0.15) is 0 Å². The van der Waals surface area contributed by atoms with Crippen LogP contribution in [0.4, 0.5) is 8.78 Å². The van der Waals surface area contributed by atoms with E-state index in [1.54, 1.807) is 0 Å². The van der Waals surface area contributed by atoms with Crippen molar-refractivity contribution in [1.82, 2.24) is 10.2 Å². The van der Waals surface area contributed by atoms with E-state index in [4.69, 9.17) is 0 Å². The number of benzene rings is 1. The largest absolute Gasteiger partial charge is 0.342 e. The summed E-state index contributed by atoms with van der Waals surface area (Å²) in [7, 11) is 0. The molecule has 6 heteroatoms. The number of rotatable bonds is 5. The highest BCUT2D eigenvalue weighted by Crippen LogP contribution is 2.50. The first-order valence-electron chi connectivity index (χ1n) is 8.55. The van der Waals surface area contributed by atoms with Crippen molar-refractivity contribution >= 4 is 18.3 Å². The molecule has 1 aliphatic carbocycles. The van der Waals surface area contributed by atoms with Gasteiger partial charge in [0.2, 0.25) is 5.91 Å². The maximum absolute atomic E-state index is 13.8. The van der Waals surface area contributed by atoms with Crippen molar-refractivity contribution in [2.24, 2.45) is 11.8 Å². The molecular weight excluding hydrogens is 334 g/mol. The van der Waals surface area contributed by atoms with Crippen LogP contribution in [-0.4, -0.2) is 37.0 Å². The van der Waals surface area contributed by atoms with Gasteiger partial charge in [-0.1, -0.05) is 13.0 Å². The molecule has 0 radical (unpaired) electrons. The number of nitrogens with zero attached hydrogens (tertiary/aromatic N) is 1. The van der Waals surface area contributed by atoms with Crippen LogP contribution in [0.3, 0.4) is 0 Å². The number of likely N-dealkylation sites (tertiary alicyclic amines) is 1. The molecule has 24 heavy (non-hydrogen) atoms. The Balaban J connectivity index is 0.00000208. The fourth-order valence-electron chi connectivity index (χ4n) is 3.59. The molecular formula is C18H25ClF2N2O. The maximum atomic E-state index is 13.8. The van der Waals surface area contributed by atoms with Gasteiger partial charge in [0.25, 0.3) is 0 Å². The van der Waals surface area contributed by atoms with Crippen LogP contribution < -0.4 is 5.32 Å². The molecule has 0 bridgehead atoms. The molecule has 1 saturated heterocycles. The van der Waals surface area contributed by atoms with Crippen molar-refractivity contribution in [1.29, 1.82) is 0 Å². The molecule has 1 aliphatic heterocycles. The predicted molar refractivity (Wildman–Crippen MR) is 92.3 cm³/mol. The molecule has 1 heterocycles. The van der Waals surface area contributed by atoms with Gasteiger partial charge in [-0.05, 0) is 50.4 Å². The highest BCUT2D eigenvalue weighted by molar-refractivity contribution is 5.85. The molecule has 134 valence electrons. The highest BCUT2D eigenvalue weighted by atomic mass is 35.5. The zero-order valence-electron chi connectivity index (χ0n) is 13.9. The molecule has 1 amide bonds. The summed E-state index contributed by atoms with van der Waals surface area (Å²) in [6.45, 7) is 5.59. The molecule has 0 spiro atoms. The average molecular weight is 359 g/mol. The van der Waals surface area contributed by atoms with E-state index < -0.39 is 11.6 Å². The van der Waals surface area contributed by atoms with Crippen molar-refractivity contribution in [3.05, 3.63) is 35.4 Å². The SMILES string of the molecule is CCNCC1CCN(C(=O)C2CC2c2c(F)cccc2F)CC1.Cl. The van der Waals surface area contributed by atoms with Crippen molar-refractivity contribution in [3.63, 3.8) is 0 Å². The first-order valence-corrected chi connectivity index (χ1v) is 8.55. The standard InChI is InChI=1S/C18H24F2N2O.ClH/c1-2-21-11-12-6-8-22(9-7-12)18(23)14-10-13(14)17-15(19)4-3-5-16(17)20;/h3-5,12-14,21H,2,6-11H2,1H3;1H. The Bertz CT molecular complexity index is 556. The highest BCUT2D eigenvalue weighted by Gasteiger charge is 2.48. The topological polar surface area (TPSA) is 32.3 Å². The van der Waals surface area contributed by atoms with Crippen LogP contribution in [0.15, 0.2) is 18.2 Å². The molecule has 2 fully saturated rings. The van der Waals surface area contributed by atoms with E-state index in [0.29, 0.717) is 12.3 Å². The van der Waals surface area contributed by atoms with Crippen molar-refractivity contribution in [2.45, 2.75) is 32.1 Å². The average Bonchev–Trinajstić information content (AvgIpc) is 3.33. The Morgan fingerprint density at radius 1 is 1.25 bits per heavy atom. The third kappa shape index (κ3) is 4.06. The minimum Gasteiger partial charge on any atom is -0.342 e. The first-order chi connectivity index (χ1) is 11.1. The van der Waals surface area contributed by atoms with Crippen molar-refractivity contribution in [2.75, 3.05) is 26.2 Å². The fourth-order valence-corrected chi connectivity index (χ4v) is 3.59. The number of halogens is 3. The van der Waals surface area contributed by atoms with Gasteiger partial charge in [-0.25, -0.2) is 8.78 Å². The van der Waals surface area contributed by atoms with Crippen molar-refractivity contribution in [3.8, 4) is 0 Å². The zero-order chi connectivity index (χ0) is 16.4. The number of piperidine rings is 1. The number of amides is 1. The molecule has 1 aromatic rings. The Morgan fingerprint density at radius 2 is 1.88 bits per heavy atom. The first kappa shape index (κ1) is 19.1. The normalized spacial score (nSPS) is 23.7. The van der Waals surface area contributed by atoms with Gasteiger partial charge >= 0.3 is 0 Å². The second kappa shape index (κ2) is 8.26. The van der Waals surface area contributed by atoms with E-state index in [1.165, 1.54) is 18.2 Å². The Kier molecular flexibility index (Phi) is 6.58. The van der Waals surface area contributed by atoms with Crippen LogP contribution in [0.1, 0.15) is 37.7 Å². The van der Waals surface area contributed by atoms with Crippen LogP contribution in [-0.2, 0) is 4.79 Å². The smallest absolute Gasteiger partial charge is 0.226 e. The van der Waals surface area contributed by atoms with Crippen LogP contribution in [0.25, 0.3) is 0 Å². The molecule has 3 nitrogen and oxygen atoms in total. The Labute approximate surface area is 148 Å². The fraction of sp³-hybridized carbons (Fsp3) is 0.611. The Morgan fingerprint density at radius 3 is 2.46 bits per heavy atom. The van der Waals surface area contributed by atoms with E-state index in [1.807, 2.05) is 4.90 Å². The quantitative estimate of drug-likeness (QED) is 0.875. The molecule has 2 unspecified atom stereocenters. The van der Waals surface area contributed by atoms with Gasteiger partial charge in [-0.3, -0.25) is 4.79 Å². The van der Waals surface area contributed by atoms with E-state index in [-0.39, 0.29) is 35.7 Å². The van der Waals surface area contributed by atoms with Crippen molar-refractivity contribution < 1.29 is 13.6 Å². The lowest BCUT2D eigenvalue weighted by atomic mass is 9.96. The summed E-state index contributed by atoms with van der Waals surface area (Å²) in [6.07, 6.45) is 2.57. The minimum atomic E-state index is -0.533. The number of hydrogen-bond donors (Lipinski definition) is 1. The minimum absolute atomic E-state index is 0. The lowest BCUT2D eigenvalue weighted by molar-refractivity contribution is -0.134. The summed E-state index contributed by atoms with van der Waals surface area (Å²) in [4.78, 5) is 14.4. The second-order valence-corrected chi connectivity index (χ2v) is 6.66. The van der Waals surface area contributed by atoms with Gasteiger partial charge in [-0.15, -0.1) is 12.4 Å². The van der Waals surface area contributed by atoms with Gasteiger partial charge in [0, 0.05) is 30.5 Å². The van der Waals surface area contributed by atoms with Gasteiger partial charge < -0.3 is 10.2 Å². The molecule has 1 aromatic carbocycles. The van der Waals surface area contributed by atoms with E-state index in [9.17, 15) is 13.6 Å². The molecule has 0 aromatic heterocycles. The summed E-state index contributed by atoms with van der Waals surface area (Å²) < 4.78 is 27.6. The zero-order valence-corrected chi connectivity index (χ0v) is 14.7. The lowest BCUT2D eigenvalue weighted by Crippen LogP contribution is -2.41. The second-order valence-electron chi connectivity index (χ2n) is 6.66. The molecule has 1 N–H and O–H groups in total. The van der Waals surface area contributed by atoms with Crippen LogP contribution in [0.2, 0.25) is 0 Å². The number of carbonyl (C=O) groups excluding carboxylic acids is 1. The summed E-state index contributed by atoms with van der Waals surface area (Å²) in [6, 6.07) is 3.90. The summed E-state index contributed by atoms with van der Waals surface area (Å²) >= 11 is 0. The number of nitrogens with one attached hydrogen (secondary N) is 1. The van der Waals surface area contributed by atoms with Crippen LogP contribution in [0, 0.1) is 23.5 Å². The van der Waals surface area contributed by atoms with Gasteiger partial charge in [0.05, 0.1) is 0 Å². The van der Waals surface area contributed by atoms with Gasteiger partial charge in [0.1, 0.15) is 11.6 Å². The number of hydrogen-bond acceptors (Lipinski definition) is 2. The van der Waals surface area contributed by atoms with E-state index in [2.05, 4.69) is 12.2 Å². The third-order valence-electron chi connectivity index (χ3n) is 5.09. The predicted octanol–water partition coefficient (Wildman–Crippen LogP) is 3.34. The maximum Gasteiger partial charge on any atom is 0.226 e. The molecule has 2 atom stereocenters. The van der Waals surface area contributed by atoms with Gasteiger partial charge in [0.15, 0.2) is 0 Å². The molecule has 2 aliphatic rings. The summed E-state index contributed by atoms with van der Waals surface area (Å²) in [5, 5.41) is 3.35. The molecule has 1 saturated carbocycles. The summed E-state index contributed by atoms with van der Waals surface area (Å²) in [5.74, 6) is -0.906. The van der Waals surface area contributed by atoms with Crippen LogP contribution >= 0.6 is 12.4 Å². The summed E-state index contributed by atoms with van der Waals surface area (Å²) in [5.41, 5.74) is 0.0906. The lowest BCUT2D eigenvalue weighted by Gasteiger charge is -2.32. The van der Waals surface area contributed by atoms with Crippen LogP contribution in [0.5, 0.6) is 0 Å². The monoisotopic (exact) mass is 358 g/mol. The number of carbonyl (C=O) groups is 1. The Hall–Kier alpha value is -1.20. The third-order valence-corrected chi connectivity index (χ3v) is 5.09.